The zero-order chi connectivity index (χ0) is 16.0. The van der Waals surface area contributed by atoms with Crippen LogP contribution < -0.4 is 11.5 Å². The summed E-state index contributed by atoms with van der Waals surface area (Å²) in [5, 5.41) is 19.5. The van der Waals surface area contributed by atoms with Gasteiger partial charge < -0.3 is 11.5 Å². The predicted octanol–water partition coefficient (Wildman–Crippen LogP) is 3.59. The van der Waals surface area contributed by atoms with E-state index in [1.54, 1.807) is 0 Å². The Morgan fingerprint density at radius 2 is 1.57 bits per heavy atom. The summed E-state index contributed by atoms with van der Waals surface area (Å²) in [5.74, 6) is 0.901. The van der Waals surface area contributed by atoms with Gasteiger partial charge in [0, 0.05) is 5.92 Å². The first-order valence-corrected chi connectivity index (χ1v) is 8.19. The van der Waals surface area contributed by atoms with E-state index in [0.717, 1.165) is 24.6 Å². The zero-order valence-corrected chi connectivity index (χ0v) is 13.8. The molecule has 5 heteroatoms. The molecule has 1 heterocycles. The van der Waals surface area contributed by atoms with Crippen LogP contribution in [0.2, 0.25) is 0 Å². The quantitative estimate of drug-likeness (QED) is 0.781. The van der Waals surface area contributed by atoms with Gasteiger partial charge in [-0.2, -0.15) is 10.5 Å². The summed E-state index contributed by atoms with van der Waals surface area (Å²) in [6, 6.07) is 4.32. The van der Waals surface area contributed by atoms with Crippen LogP contribution in [0.5, 0.6) is 0 Å². The molecule has 4 N–H and O–H groups in total. The van der Waals surface area contributed by atoms with Gasteiger partial charge in [-0.25, -0.2) is 0 Å². The summed E-state index contributed by atoms with van der Waals surface area (Å²) in [6.45, 7) is 6.60. The Morgan fingerprint density at radius 3 is 2.00 bits per heavy atom. The standard InChI is InChI=1S/C16H24N4S/c1-10(2)5-4-6-11(3)7-12-13(8-17)15(19)21-16(20)14(12)9-18/h10-12H,4-7,19-20H2,1-3H3. The van der Waals surface area contributed by atoms with Crippen molar-refractivity contribution in [2.75, 3.05) is 0 Å². The van der Waals surface area contributed by atoms with Crippen LogP contribution in [-0.2, 0) is 0 Å². The van der Waals surface area contributed by atoms with Crippen molar-refractivity contribution in [3.8, 4) is 12.1 Å². The van der Waals surface area contributed by atoms with Crippen molar-refractivity contribution in [2.45, 2.75) is 46.5 Å². The number of nitrogens with two attached hydrogens (primary N) is 2. The number of rotatable bonds is 6. The molecular weight excluding hydrogens is 280 g/mol. The summed E-state index contributed by atoms with van der Waals surface area (Å²) in [6.07, 6.45) is 4.23. The summed E-state index contributed by atoms with van der Waals surface area (Å²) in [5.41, 5.74) is 12.8. The van der Waals surface area contributed by atoms with E-state index in [2.05, 4.69) is 32.9 Å². The Hall–Kier alpha value is -1.59. The highest BCUT2D eigenvalue weighted by Crippen LogP contribution is 2.40. The molecule has 0 aromatic rings. The number of nitriles is 2. The molecule has 1 atom stereocenters. The van der Waals surface area contributed by atoms with E-state index in [0.29, 0.717) is 33.0 Å². The van der Waals surface area contributed by atoms with Gasteiger partial charge in [-0.1, -0.05) is 51.8 Å². The van der Waals surface area contributed by atoms with Gasteiger partial charge >= 0.3 is 0 Å². The molecule has 0 aromatic heterocycles. The SMILES string of the molecule is CC(C)CCCC(C)CC1C(C#N)=C(N)SC(N)=C1C#N. The van der Waals surface area contributed by atoms with E-state index in [1.807, 2.05) is 0 Å². The van der Waals surface area contributed by atoms with Gasteiger partial charge in [-0.15, -0.1) is 0 Å². The number of hydrogen-bond acceptors (Lipinski definition) is 5. The molecule has 0 spiro atoms. The van der Waals surface area contributed by atoms with Crippen LogP contribution in [0.4, 0.5) is 0 Å². The van der Waals surface area contributed by atoms with Crippen LogP contribution in [0.3, 0.4) is 0 Å². The summed E-state index contributed by atoms with van der Waals surface area (Å²) in [7, 11) is 0. The fourth-order valence-corrected chi connectivity index (χ4v) is 3.45. The number of hydrogen-bond donors (Lipinski definition) is 2. The number of thioether (sulfide) groups is 1. The minimum absolute atomic E-state index is 0.240. The maximum atomic E-state index is 9.32. The minimum atomic E-state index is -0.240. The Labute approximate surface area is 131 Å². The second-order valence-corrected chi connectivity index (χ2v) is 7.18. The lowest BCUT2D eigenvalue weighted by molar-refractivity contribution is 0.408. The minimum Gasteiger partial charge on any atom is -0.392 e. The molecular formula is C16H24N4S. The van der Waals surface area contributed by atoms with Gasteiger partial charge in [0.15, 0.2) is 0 Å². The van der Waals surface area contributed by atoms with Crippen molar-refractivity contribution in [1.29, 1.82) is 10.5 Å². The van der Waals surface area contributed by atoms with Crippen LogP contribution in [0, 0.1) is 40.4 Å². The molecule has 0 aromatic carbocycles. The molecule has 1 aliphatic rings. The Kier molecular flexibility index (Phi) is 6.65. The van der Waals surface area contributed by atoms with Gasteiger partial charge in [-0.05, 0) is 18.3 Å². The van der Waals surface area contributed by atoms with E-state index in [1.165, 1.54) is 12.8 Å². The third kappa shape index (κ3) is 4.72. The topological polar surface area (TPSA) is 99.6 Å². The molecule has 1 rings (SSSR count). The molecule has 4 nitrogen and oxygen atoms in total. The summed E-state index contributed by atoms with van der Waals surface area (Å²) < 4.78 is 0. The number of allylic oxidation sites excluding steroid dienone is 2. The highest BCUT2D eigenvalue weighted by Gasteiger charge is 2.30. The smallest absolute Gasteiger partial charge is 0.0981 e. The van der Waals surface area contributed by atoms with Gasteiger partial charge in [0.25, 0.3) is 0 Å². The van der Waals surface area contributed by atoms with Crippen molar-refractivity contribution in [2.24, 2.45) is 29.2 Å². The van der Waals surface area contributed by atoms with E-state index in [-0.39, 0.29) is 5.92 Å². The fraction of sp³-hybridized carbons (Fsp3) is 0.625. The van der Waals surface area contributed by atoms with Crippen molar-refractivity contribution in [3.05, 3.63) is 21.2 Å². The fourth-order valence-electron chi connectivity index (χ4n) is 2.61. The molecule has 0 amide bonds. The van der Waals surface area contributed by atoms with Gasteiger partial charge in [0.2, 0.25) is 0 Å². The number of nitrogens with zero attached hydrogens (tertiary/aromatic N) is 2. The van der Waals surface area contributed by atoms with Gasteiger partial charge in [-0.3, -0.25) is 0 Å². The Bertz CT molecular complexity index is 483. The van der Waals surface area contributed by atoms with E-state index >= 15 is 0 Å². The average Bonchev–Trinajstić information content (AvgIpc) is 2.38. The van der Waals surface area contributed by atoms with Crippen molar-refractivity contribution in [3.63, 3.8) is 0 Å². The third-order valence-corrected chi connectivity index (χ3v) is 4.68. The average molecular weight is 304 g/mol. The third-order valence-electron chi connectivity index (χ3n) is 3.81. The first-order chi connectivity index (χ1) is 9.90. The molecule has 0 bridgehead atoms. The summed E-state index contributed by atoms with van der Waals surface area (Å²) in [4.78, 5) is 0. The highest BCUT2D eigenvalue weighted by molar-refractivity contribution is 8.06. The molecule has 0 radical (unpaired) electrons. The second kappa shape index (κ2) is 8.00. The Morgan fingerprint density at radius 1 is 1.05 bits per heavy atom. The molecule has 1 unspecified atom stereocenters. The monoisotopic (exact) mass is 304 g/mol. The lowest BCUT2D eigenvalue weighted by Crippen LogP contribution is -2.21. The molecule has 0 aliphatic carbocycles. The van der Waals surface area contributed by atoms with Crippen LogP contribution in [-0.4, -0.2) is 0 Å². The van der Waals surface area contributed by atoms with Crippen LogP contribution in [0.25, 0.3) is 0 Å². The van der Waals surface area contributed by atoms with E-state index in [9.17, 15) is 10.5 Å². The van der Waals surface area contributed by atoms with Crippen molar-refractivity contribution >= 4 is 11.8 Å². The normalized spacial score (nSPS) is 17.8. The lowest BCUT2D eigenvalue weighted by Gasteiger charge is -2.25. The molecule has 21 heavy (non-hydrogen) atoms. The van der Waals surface area contributed by atoms with Gasteiger partial charge in [0.05, 0.1) is 33.3 Å². The van der Waals surface area contributed by atoms with Crippen molar-refractivity contribution < 1.29 is 0 Å². The van der Waals surface area contributed by atoms with Gasteiger partial charge in [0.1, 0.15) is 0 Å². The van der Waals surface area contributed by atoms with E-state index < -0.39 is 0 Å². The lowest BCUT2D eigenvalue weighted by atomic mass is 9.83. The van der Waals surface area contributed by atoms with E-state index in [4.69, 9.17) is 11.5 Å². The van der Waals surface area contributed by atoms with Crippen molar-refractivity contribution in [1.82, 2.24) is 0 Å². The molecule has 1 aliphatic heterocycles. The summed E-state index contributed by atoms with van der Waals surface area (Å²) >= 11 is 1.13. The Balaban J connectivity index is 2.79. The van der Waals surface area contributed by atoms with Crippen LogP contribution in [0.15, 0.2) is 21.2 Å². The highest BCUT2D eigenvalue weighted by atomic mass is 32.2. The maximum absolute atomic E-state index is 9.32. The van der Waals surface area contributed by atoms with Crippen LogP contribution in [0.1, 0.15) is 46.5 Å². The predicted molar refractivity (Wildman–Crippen MR) is 87.2 cm³/mol. The largest absolute Gasteiger partial charge is 0.392 e. The zero-order valence-electron chi connectivity index (χ0n) is 13.0. The maximum Gasteiger partial charge on any atom is 0.0981 e. The molecule has 0 saturated carbocycles. The molecule has 114 valence electrons. The first-order valence-electron chi connectivity index (χ1n) is 7.38. The first kappa shape index (κ1) is 17.5. The molecule has 0 saturated heterocycles. The van der Waals surface area contributed by atoms with Crippen LogP contribution >= 0.6 is 11.8 Å². The molecule has 0 fully saturated rings. The second-order valence-electron chi connectivity index (χ2n) is 6.10.